The van der Waals surface area contributed by atoms with Crippen LogP contribution in [0.5, 0.6) is 0 Å². The van der Waals surface area contributed by atoms with Crippen molar-refractivity contribution < 1.29 is 8.78 Å². The number of rotatable bonds is 5. The van der Waals surface area contributed by atoms with Crippen LogP contribution in [0.25, 0.3) is 21.3 Å². The molecule has 4 rings (SSSR count). The monoisotopic (exact) mass is 374 g/mol. The van der Waals surface area contributed by atoms with Crippen molar-refractivity contribution in [3.8, 4) is 11.1 Å². The third-order valence-corrected chi connectivity index (χ3v) is 5.59. The van der Waals surface area contributed by atoms with Crippen LogP contribution in [-0.2, 0) is 5.75 Å². The Morgan fingerprint density at radius 3 is 2.76 bits per heavy atom. The number of fused-ring (bicyclic) bond motifs is 1. The van der Waals surface area contributed by atoms with E-state index in [-0.39, 0.29) is 0 Å². The van der Waals surface area contributed by atoms with Crippen molar-refractivity contribution in [2.24, 2.45) is 0 Å². The van der Waals surface area contributed by atoms with Crippen molar-refractivity contribution in [3.05, 3.63) is 60.3 Å². The van der Waals surface area contributed by atoms with E-state index in [1.165, 1.54) is 30.5 Å². The van der Waals surface area contributed by atoms with Crippen LogP contribution in [0.3, 0.4) is 0 Å². The van der Waals surface area contributed by atoms with Gasteiger partial charge in [-0.15, -0.1) is 11.3 Å². The highest BCUT2D eigenvalue weighted by Crippen LogP contribution is 2.38. The zero-order valence-corrected chi connectivity index (χ0v) is 14.5. The van der Waals surface area contributed by atoms with Gasteiger partial charge in [0.2, 0.25) is 0 Å². The molecule has 0 bridgehead atoms. The molecule has 0 N–H and O–H groups in total. The zero-order valence-electron chi connectivity index (χ0n) is 12.8. The predicted octanol–water partition coefficient (Wildman–Crippen LogP) is 5.24. The summed E-state index contributed by atoms with van der Waals surface area (Å²) in [5, 5.41) is 3.78. The van der Waals surface area contributed by atoms with E-state index >= 15 is 0 Å². The molecule has 25 heavy (non-hydrogen) atoms. The summed E-state index contributed by atoms with van der Waals surface area (Å²) in [4.78, 5) is 13.6. The fourth-order valence-electron chi connectivity index (χ4n) is 2.55. The first-order valence-corrected chi connectivity index (χ1v) is 9.31. The van der Waals surface area contributed by atoms with Crippen LogP contribution in [0.4, 0.5) is 8.78 Å². The Bertz CT molecular complexity index is 998. The summed E-state index contributed by atoms with van der Waals surface area (Å²) in [7, 11) is 0. The largest absolute Gasteiger partial charge is 0.319 e. The summed E-state index contributed by atoms with van der Waals surface area (Å²) in [6, 6.07) is 10.00. The molecule has 4 aromatic rings. The second-order valence-corrected chi connectivity index (χ2v) is 7.01. The quantitative estimate of drug-likeness (QED) is 0.354. The van der Waals surface area contributed by atoms with E-state index in [9.17, 15) is 8.78 Å². The molecule has 0 aliphatic rings. The highest BCUT2D eigenvalue weighted by atomic mass is 32.2. The first-order valence-electron chi connectivity index (χ1n) is 7.44. The maximum absolute atomic E-state index is 13.0. The van der Waals surface area contributed by atoms with Crippen LogP contribution in [0.2, 0.25) is 0 Å². The number of nitrogens with zero attached hydrogens (tertiary/aromatic N) is 4. The number of thioether (sulfide) groups is 1. The molecule has 0 aliphatic carbocycles. The molecule has 8 heteroatoms. The standard InChI is InChI=1S/C17H12F2N4S2/c18-17(19)23-7-6-20-13(23)9-25-16-14-12(11-4-2-1-3-5-11)8-24-15(14)21-10-22-16/h1-8,10,17H,9H2. The van der Waals surface area contributed by atoms with Gasteiger partial charge in [0.1, 0.15) is 22.0 Å². The summed E-state index contributed by atoms with van der Waals surface area (Å²) in [6.45, 7) is -2.59. The van der Waals surface area contributed by atoms with Gasteiger partial charge >= 0.3 is 6.55 Å². The van der Waals surface area contributed by atoms with E-state index in [2.05, 4.69) is 20.3 Å². The Morgan fingerprint density at radius 2 is 1.96 bits per heavy atom. The number of imidazole rings is 1. The highest BCUT2D eigenvalue weighted by molar-refractivity contribution is 7.98. The molecular weight excluding hydrogens is 362 g/mol. The van der Waals surface area contributed by atoms with Gasteiger partial charge in [-0.1, -0.05) is 42.1 Å². The average Bonchev–Trinajstić information content (AvgIpc) is 3.28. The minimum absolute atomic E-state index is 0.313. The Balaban J connectivity index is 1.70. The van der Waals surface area contributed by atoms with Crippen LogP contribution < -0.4 is 0 Å². The van der Waals surface area contributed by atoms with Gasteiger partial charge < -0.3 is 0 Å². The van der Waals surface area contributed by atoms with Crippen LogP contribution in [0.15, 0.2) is 59.5 Å². The van der Waals surface area contributed by atoms with Gasteiger partial charge in [0.05, 0.1) is 11.1 Å². The van der Waals surface area contributed by atoms with Gasteiger partial charge in [-0.05, 0) is 5.56 Å². The molecule has 0 amide bonds. The first kappa shape index (κ1) is 16.2. The predicted molar refractivity (Wildman–Crippen MR) is 95.9 cm³/mol. The van der Waals surface area contributed by atoms with Crippen LogP contribution >= 0.6 is 23.1 Å². The van der Waals surface area contributed by atoms with Crippen molar-refractivity contribution in [1.82, 2.24) is 19.5 Å². The van der Waals surface area contributed by atoms with Gasteiger partial charge in [0.25, 0.3) is 0 Å². The SMILES string of the molecule is FC(F)n1ccnc1CSc1ncnc2scc(-c3ccccc3)c12. The number of thiophene rings is 1. The van der Waals surface area contributed by atoms with Crippen LogP contribution in [0, 0.1) is 0 Å². The van der Waals surface area contributed by atoms with E-state index in [0.29, 0.717) is 11.6 Å². The van der Waals surface area contributed by atoms with E-state index in [0.717, 1.165) is 30.9 Å². The smallest absolute Gasteiger partial charge is 0.277 e. The number of halogens is 2. The lowest BCUT2D eigenvalue weighted by molar-refractivity contribution is 0.0678. The normalized spacial score (nSPS) is 11.5. The minimum atomic E-state index is -2.59. The molecule has 3 heterocycles. The lowest BCUT2D eigenvalue weighted by Gasteiger charge is -2.07. The van der Waals surface area contributed by atoms with Crippen molar-refractivity contribution in [1.29, 1.82) is 0 Å². The molecule has 3 aromatic heterocycles. The molecule has 0 saturated heterocycles. The summed E-state index contributed by atoms with van der Waals surface area (Å²) < 4.78 is 26.8. The molecule has 0 spiro atoms. The highest BCUT2D eigenvalue weighted by Gasteiger charge is 2.16. The van der Waals surface area contributed by atoms with E-state index in [1.54, 1.807) is 11.3 Å². The molecule has 0 unspecified atom stereocenters. The Kier molecular flexibility index (Phi) is 4.46. The van der Waals surface area contributed by atoms with Crippen LogP contribution in [-0.4, -0.2) is 19.5 Å². The van der Waals surface area contributed by atoms with Gasteiger partial charge in [0, 0.05) is 23.3 Å². The van der Waals surface area contributed by atoms with E-state index in [1.807, 2.05) is 30.3 Å². The molecule has 0 atom stereocenters. The molecule has 0 fully saturated rings. The van der Waals surface area contributed by atoms with E-state index in [4.69, 9.17) is 0 Å². The van der Waals surface area contributed by atoms with Gasteiger partial charge in [-0.25, -0.2) is 15.0 Å². The number of hydrogen-bond donors (Lipinski definition) is 0. The van der Waals surface area contributed by atoms with Crippen molar-refractivity contribution in [2.75, 3.05) is 0 Å². The van der Waals surface area contributed by atoms with E-state index < -0.39 is 6.55 Å². The van der Waals surface area contributed by atoms with Gasteiger partial charge in [-0.3, -0.25) is 4.57 Å². The molecule has 1 aromatic carbocycles. The fraction of sp³-hybridized carbons (Fsp3) is 0.118. The third-order valence-electron chi connectivity index (χ3n) is 3.72. The molecule has 0 aliphatic heterocycles. The second kappa shape index (κ2) is 6.89. The topological polar surface area (TPSA) is 43.6 Å². The van der Waals surface area contributed by atoms with Crippen LogP contribution in [0.1, 0.15) is 12.4 Å². The average molecular weight is 374 g/mol. The Labute approximate surface area is 150 Å². The van der Waals surface area contributed by atoms with Crippen molar-refractivity contribution in [3.63, 3.8) is 0 Å². The zero-order chi connectivity index (χ0) is 17.2. The lowest BCUT2D eigenvalue weighted by Crippen LogP contribution is -2.02. The maximum atomic E-state index is 13.0. The van der Waals surface area contributed by atoms with Gasteiger partial charge in [0.15, 0.2) is 0 Å². The molecule has 0 radical (unpaired) electrons. The van der Waals surface area contributed by atoms with Crippen molar-refractivity contribution >= 4 is 33.3 Å². The number of hydrogen-bond acceptors (Lipinski definition) is 5. The summed E-state index contributed by atoms with van der Waals surface area (Å²) >= 11 is 2.94. The minimum Gasteiger partial charge on any atom is -0.277 e. The Hall–Kier alpha value is -2.32. The maximum Gasteiger partial charge on any atom is 0.319 e. The molecule has 0 saturated carbocycles. The molecule has 126 valence electrons. The first-order chi connectivity index (χ1) is 12.2. The van der Waals surface area contributed by atoms with Crippen molar-refractivity contribution in [2.45, 2.75) is 17.3 Å². The summed E-state index contributed by atoms with van der Waals surface area (Å²) in [5.41, 5.74) is 2.14. The third kappa shape index (κ3) is 3.14. The summed E-state index contributed by atoms with van der Waals surface area (Å²) in [6.07, 6.45) is 4.18. The summed E-state index contributed by atoms with van der Waals surface area (Å²) in [5.74, 6) is 0.635. The molecule has 4 nitrogen and oxygen atoms in total. The molecular formula is C17H12F2N4S2. The number of benzene rings is 1. The number of alkyl halides is 2. The Morgan fingerprint density at radius 1 is 1.12 bits per heavy atom. The lowest BCUT2D eigenvalue weighted by atomic mass is 10.1. The number of aromatic nitrogens is 4. The fourth-order valence-corrected chi connectivity index (χ4v) is 4.50. The van der Waals surface area contributed by atoms with Gasteiger partial charge in [-0.2, -0.15) is 8.78 Å². The second-order valence-electron chi connectivity index (χ2n) is 5.19.